The minimum Gasteiger partial charge on any atom is -0.504 e. The quantitative estimate of drug-likeness (QED) is 0.294. The molecular formula is C38H33NO8. The molecule has 3 aliphatic carbocycles. The molecule has 238 valence electrons. The van der Waals surface area contributed by atoms with Gasteiger partial charge < -0.3 is 14.6 Å². The number of para-hydroxylation sites is 1. The number of hydrogen-bond acceptors (Lipinski definition) is 8. The zero-order valence-electron chi connectivity index (χ0n) is 25.9. The number of likely N-dealkylation sites (tertiary alicyclic amines) is 1. The van der Waals surface area contributed by atoms with Gasteiger partial charge in [0, 0.05) is 23.0 Å². The first kappa shape index (κ1) is 30.3. The van der Waals surface area contributed by atoms with E-state index in [-0.39, 0.29) is 48.1 Å². The standard InChI is InChI=1S/C38H33NO8/c1-3-47-29-16-10-15-25(34(29)42)32-23-17-18-24-31(36(44)39(35(24)43)37(45)46-2)27(23)19-28-33(41)26(21-11-6-4-7-12-21)20-30(40)38(28,32)22-13-8-5-9-14-22/h4-17,20,24,27-28,31-32,42H,3,18-19H2,1-2H3. The van der Waals surface area contributed by atoms with E-state index in [0.29, 0.717) is 27.2 Å². The summed E-state index contributed by atoms with van der Waals surface area (Å²) in [4.78, 5) is 70.5. The Morgan fingerprint density at radius 1 is 0.915 bits per heavy atom. The molecule has 6 atom stereocenters. The molecule has 0 bridgehead atoms. The van der Waals surface area contributed by atoms with Gasteiger partial charge in [0.25, 0.3) is 0 Å². The van der Waals surface area contributed by atoms with Crippen LogP contribution in [0.5, 0.6) is 11.5 Å². The second-order valence-electron chi connectivity index (χ2n) is 12.4. The number of methoxy groups -OCH3 is 1. The van der Waals surface area contributed by atoms with Gasteiger partial charge in [-0.1, -0.05) is 84.4 Å². The minimum absolute atomic E-state index is 0.0765. The Morgan fingerprint density at radius 3 is 2.30 bits per heavy atom. The van der Waals surface area contributed by atoms with E-state index in [4.69, 9.17) is 9.47 Å². The van der Waals surface area contributed by atoms with Crippen molar-refractivity contribution >= 4 is 35.0 Å². The first-order valence-corrected chi connectivity index (χ1v) is 15.8. The lowest BCUT2D eigenvalue weighted by atomic mass is 9.44. The molecule has 7 rings (SSSR count). The lowest BCUT2D eigenvalue weighted by Crippen LogP contribution is -2.58. The number of carbonyl (C=O) groups is 5. The van der Waals surface area contributed by atoms with Crippen molar-refractivity contribution in [3.05, 3.63) is 113 Å². The fraction of sp³-hybridized carbons (Fsp3) is 0.289. The van der Waals surface area contributed by atoms with E-state index < -0.39 is 52.9 Å². The van der Waals surface area contributed by atoms with Crippen LogP contribution < -0.4 is 4.74 Å². The zero-order valence-corrected chi connectivity index (χ0v) is 25.9. The topological polar surface area (TPSA) is 127 Å². The van der Waals surface area contributed by atoms with Gasteiger partial charge in [0.15, 0.2) is 23.1 Å². The number of phenols is 1. The van der Waals surface area contributed by atoms with E-state index in [1.165, 1.54) is 6.08 Å². The number of fused-ring (bicyclic) bond motifs is 4. The maximum Gasteiger partial charge on any atom is 0.423 e. The van der Waals surface area contributed by atoms with Gasteiger partial charge in [-0.15, -0.1) is 0 Å². The number of hydrogen-bond donors (Lipinski definition) is 1. The fourth-order valence-corrected chi connectivity index (χ4v) is 8.53. The monoisotopic (exact) mass is 631 g/mol. The van der Waals surface area contributed by atoms with Gasteiger partial charge in [-0.2, -0.15) is 4.90 Å². The molecule has 1 aliphatic heterocycles. The molecule has 47 heavy (non-hydrogen) atoms. The molecule has 1 saturated heterocycles. The number of imide groups is 3. The highest BCUT2D eigenvalue weighted by molar-refractivity contribution is 6.31. The van der Waals surface area contributed by atoms with E-state index in [1.54, 1.807) is 49.4 Å². The summed E-state index contributed by atoms with van der Waals surface area (Å²) in [7, 11) is 1.11. The number of aromatic hydroxyl groups is 1. The molecule has 0 radical (unpaired) electrons. The number of ether oxygens (including phenoxy) is 2. The summed E-state index contributed by atoms with van der Waals surface area (Å²) in [5.41, 5.74) is 1.01. The van der Waals surface area contributed by atoms with Crippen LogP contribution in [0.3, 0.4) is 0 Å². The Labute approximate surface area is 271 Å². The number of amides is 3. The smallest absolute Gasteiger partial charge is 0.423 e. The summed E-state index contributed by atoms with van der Waals surface area (Å²) in [5.74, 6) is -6.20. The average Bonchev–Trinajstić information content (AvgIpc) is 3.36. The third-order valence-corrected chi connectivity index (χ3v) is 10.4. The molecule has 3 aromatic rings. The molecule has 3 amide bonds. The van der Waals surface area contributed by atoms with E-state index in [0.717, 1.165) is 7.11 Å². The Kier molecular flexibility index (Phi) is 7.42. The van der Waals surface area contributed by atoms with Gasteiger partial charge in [0.1, 0.15) is 0 Å². The van der Waals surface area contributed by atoms with Crippen LogP contribution in [0.4, 0.5) is 4.79 Å². The highest BCUT2D eigenvalue weighted by Gasteiger charge is 2.66. The van der Waals surface area contributed by atoms with Crippen LogP contribution in [0, 0.1) is 23.7 Å². The zero-order chi connectivity index (χ0) is 33.0. The van der Waals surface area contributed by atoms with Crippen molar-refractivity contribution in [2.45, 2.75) is 31.1 Å². The van der Waals surface area contributed by atoms with Crippen LogP contribution in [0.1, 0.15) is 42.4 Å². The number of nitrogens with zero attached hydrogens (tertiary/aromatic N) is 1. The second-order valence-corrected chi connectivity index (χ2v) is 12.4. The Hall–Kier alpha value is -5.31. The van der Waals surface area contributed by atoms with Crippen molar-refractivity contribution < 1.29 is 38.6 Å². The SMILES string of the molecule is CCOc1cccc(C2C3=CCC4C(=O)N(C(=O)OC)C(=O)C4C3CC3C(=O)C(c4ccccc4)=CC(=O)C32c2ccccc2)c1O. The lowest BCUT2D eigenvalue weighted by molar-refractivity contribution is -0.138. The van der Waals surface area contributed by atoms with Crippen LogP contribution >= 0.6 is 0 Å². The minimum atomic E-state index is -1.50. The van der Waals surface area contributed by atoms with Crippen molar-refractivity contribution in [1.29, 1.82) is 0 Å². The number of benzene rings is 3. The lowest BCUT2D eigenvalue weighted by Gasteiger charge is -2.55. The van der Waals surface area contributed by atoms with Crippen molar-refractivity contribution in [2.24, 2.45) is 23.7 Å². The van der Waals surface area contributed by atoms with E-state index in [1.807, 2.05) is 42.5 Å². The van der Waals surface area contributed by atoms with Gasteiger partial charge in [0.05, 0.1) is 31.0 Å². The highest BCUT2D eigenvalue weighted by atomic mass is 16.5. The number of phenolic OH excluding ortho intramolecular Hbond substituents is 1. The van der Waals surface area contributed by atoms with E-state index in [9.17, 15) is 24.3 Å². The summed E-state index contributed by atoms with van der Waals surface area (Å²) in [6, 6.07) is 23.2. The van der Waals surface area contributed by atoms with E-state index >= 15 is 4.79 Å². The summed E-state index contributed by atoms with van der Waals surface area (Å²) in [5, 5.41) is 11.8. The highest BCUT2D eigenvalue weighted by Crippen LogP contribution is 2.64. The average molecular weight is 632 g/mol. The molecule has 2 fully saturated rings. The van der Waals surface area contributed by atoms with Crippen molar-refractivity contribution in [3.8, 4) is 11.5 Å². The van der Waals surface area contributed by atoms with Crippen LogP contribution in [-0.2, 0) is 29.3 Å². The molecule has 4 aliphatic rings. The summed E-state index contributed by atoms with van der Waals surface area (Å²) in [6.07, 6.45) is 2.45. The van der Waals surface area contributed by atoms with Crippen molar-refractivity contribution in [2.75, 3.05) is 13.7 Å². The van der Waals surface area contributed by atoms with Gasteiger partial charge in [-0.05, 0) is 49.0 Å². The number of rotatable bonds is 5. The predicted molar refractivity (Wildman–Crippen MR) is 170 cm³/mol. The molecule has 1 N–H and O–H groups in total. The maximum atomic E-state index is 15.0. The van der Waals surface area contributed by atoms with E-state index in [2.05, 4.69) is 0 Å². The molecule has 9 nitrogen and oxygen atoms in total. The van der Waals surface area contributed by atoms with Crippen LogP contribution in [-0.4, -0.2) is 53.2 Å². The molecule has 1 saturated carbocycles. The Bertz CT molecular complexity index is 1880. The second kappa shape index (κ2) is 11.5. The number of Topliss-reactive ketones (excluding diaryl/α,β-unsaturated/α-hetero) is 1. The first-order chi connectivity index (χ1) is 22.7. The summed E-state index contributed by atoms with van der Waals surface area (Å²) in [6.45, 7) is 2.08. The van der Waals surface area contributed by atoms with Crippen LogP contribution in [0.15, 0.2) is 96.6 Å². The third-order valence-electron chi connectivity index (χ3n) is 10.4. The normalized spacial score (nSPS) is 28.1. The Morgan fingerprint density at radius 2 is 1.62 bits per heavy atom. The number of ketones is 2. The molecule has 3 aromatic carbocycles. The van der Waals surface area contributed by atoms with Crippen molar-refractivity contribution in [3.63, 3.8) is 0 Å². The summed E-state index contributed by atoms with van der Waals surface area (Å²) < 4.78 is 10.6. The molecule has 0 aromatic heterocycles. The number of carbonyl (C=O) groups excluding carboxylic acids is 5. The maximum absolute atomic E-state index is 15.0. The molecule has 0 spiro atoms. The van der Waals surface area contributed by atoms with Crippen LogP contribution in [0.2, 0.25) is 0 Å². The van der Waals surface area contributed by atoms with Crippen molar-refractivity contribution in [1.82, 2.24) is 4.90 Å². The van der Waals surface area contributed by atoms with Gasteiger partial charge in [-0.25, -0.2) is 4.79 Å². The first-order valence-electron chi connectivity index (χ1n) is 15.8. The number of allylic oxidation sites excluding steroid dienone is 4. The third kappa shape index (κ3) is 4.32. The molecule has 9 heteroatoms. The van der Waals surface area contributed by atoms with Gasteiger partial charge in [-0.3, -0.25) is 19.2 Å². The Balaban J connectivity index is 1.52. The largest absolute Gasteiger partial charge is 0.504 e. The van der Waals surface area contributed by atoms with Crippen LogP contribution in [0.25, 0.3) is 5.57 Å². The van der Waals surface area contributed by atoms with Gasteiger partial charge in [0.2, 0.25) is 11.8 Å². The predicted octanol–water partition coefficient (Wildman–Crippen LogP) is 5.38. The van der Waals surface area contributed by atoms with Gasteiger partial charge >= 0.3 is 6.09 Å². The molecule has 6 unspecified atom stereocenters. The molecular weight excluding hydrogens is 598 g/mol. The fourth-order valence-electron chi connectivity index (χ4n) is 8.53. The summed E-state index contributed by atoms with van der Waals surface area (Å²) >= 11 is 0. The molecule has 1 heterocycles.